The van der Waals surface area contributed by atoms with Gasteiger partial charge in [0.2, 0.25) is 6.79 Å². The van der Waals surface area contributed by atoms with E-state index >= 15 is 0 Å². The van der Waals surface area contributed by atoms with Crippen LogP contribution in [-0.2, 0) is 9.47 Å². The summed E-state index contributed by atoms with van der Waals surface area (Å²) in [5.41, 5.74) is 1.04. The first kappa shape index (κ1) is 7.68. The zero-order valence-corrected chi connectivity index (χ0v) is 7.87. The smallest absolute Gasteiger partial charge is 0.230 e. The van der Waals surface area contributed by atoms with E-state index in [9.17, 15) is 0 Å². The third-order valence-corrected chi connectivity index (χ3v) is 2.13. The molecular formula is C9H7BrO2. The molecule has 1 heterocycles. The maximum absolute atomic E-state index is 5.20. The molecule has 1 aliphatic rings. The number of halogens is 1. The van der Waals surface area contributed by atoms with Crippen LogP contribution in [0.15, 0.2) is 35.0 Å². The zero-order valence-electron chi connectivity index (χ0n) is 6.29. The first-order valence-electron chi connectivity index (χ1n) is 3.57. The van der Waals surface area contributed by atoms with Crippen molar-refractivity contribution in [3.63, 3.8) is 0 Å². The highest BCUT2D eigenvalue weighted by atomic mass is 79.9. The average molecular weight is 227 g/mol. The maximum Gasteiger partial charge on any atom is 0.230 e. The van der Waals surface area contributed by atoms with Gasteiger partial charge in [-0.25, -0.2) is 0 Å². The van der Waals surface area contributed by atoms with Crippen molar-refractivity contribution in [2.45, 2.75) is 0 Å². The fourth-order valence-electron chi connectivity index (χ4n) is 1.01. The lowest BCUT2D eigenvalue weighted by molar-refractivity contribution is 0.100. The summed E-state index contributed by atoms with van der Waals surface area (Å²) in [6.45, 7) is 0.325. The van der Waals surface area contributed by atoms with E-state index < -0.39 is 0 Å². The molecule has 0 spiro atoms. The molecule has 0 unspecified atom stereocenters. The Morgan fingerprint density at radius 2 is 1.92 bits per heavy atom. The highest BCUT2D eigenvalue weighted by Crippen LogP contribution is 2.21. The second-order valence-corrected chi connectivity index (χ2v) is 3.33. The molecule has 62 valence electrons. The molecule has 0 atom stereocenters. The van der Waals surface area contributed by atoms with Crippen LogP contribution in [0.3, 0.4) is 0 Å². The summed E-state index contributed by atoms with van der Waals surface area (Å²) in [5.74, 6) is 0.794. The Bertz CT molecular complexity index is 303. The summed E-state index contributed by atoms with van der Waals surface area (Å²) in [7, 11) is 0. The van der Waals surface area contributed by atoms with Gasteiger partial charge in [0, 0.05) is 10.0 Å². The first-order chi connectivity index (χ1) is 5.86. The standard InChI is InChI=1S/C9H7BrO2/c10-8-3-1-7(2-4-8)9-5-11-6-12-9/h1-5H,6H2. The molecule has 0 N–H and O–H groups in total. The molecular weight excluding hydrogens is 220 g/mol. The Morgan fingerprint density at radius 1 is 1.17 bits per heavy atom. The fourth-order valence-corrected chi connectivity index (χ4v) is 1.27. The molecule has 2 nitrogen and oxygen atoms in total. The van der Waals surface area contributed by atoms with E-state index in [0.717, 1.165) is 15.8 Å². The molecule has 3 heteroatoms. The summed E-state index contributed by atoms with van der Waals surface area (Å²) in [6, 6.07) is 7.89. The number of benzene rings is 1. The van der Waals surface area contributed by atoms with E-state index in [1.807, 2.05) is 24.3 Å². The summed E-state index contributed by atoms with van der Waals surface area (Å²) < 4.78 is 11.2. The molecule has 2 rings (SSSR count). The van der Waals surface area contributed by atoms with Gasteiger partial charge >= 0.3 is 0 Å². The van der Waals surface area contributed by atoms with Crippen LogP contribution in [0.2, 0.25) is 0 Å². The monoisotopic (exact) mass is 226 g/mol. The molecule has 0 aliphatic carbocycles. The lowest BCUT2D eigenvalue weighted by Gasteiger charge is -1.99. The second kappa shape index (κ2) is 3.19. The van der Waals surface area contributed by atoms with Gasteiger partial charge in [-0.3, -0.25) is 0 Å². The van der Waals surface area contributed by atoms with Gasteiger partial charge < -0.3 is 9.47 Å². The minimum absolute atomic E-state index is 0.325. The van der Waals surface area contributed by atoms with Crippen molar-refractivity contribution >= 4 is 21.7 Å². The van der Waals surface area contributed by atoms with Gasteiger partial charge in [-0.2, -0.15) is 0 Å². The van der Waals surface area contributed by atoms with Gasteiger partial charge in [0.1, 0.15) is 6.26 Å². The quantitative estimate of drug-likeness (QED) is 0.734. The summed E-state index contributed by atoms with van der Waals surface area (Å²) in [6.07, 6.45) is 1.63. The topological polar surface area (TPSA) is 18.5 Å². The van der Waals surface area contributed by atoms with Crippen LogP contribution in [0.5, 0.6) is 0 Å². The number of hydrogen-bond acceptors (Lipinski definition) is 2. The minimum atomic E-state index is 0.325. The average Bonchev–Trinajstić information content (AvgIpc) is 2.58. The molecule has 0 fully saturated rings. The molecule has 12 heavy (non-hydrogen) atoms. The van der Waals surface area contributed by atoms with Crippen molar-refractivity contribution in [2.24, 2.45) is 0 Å². The van der Waals surface area contributed by atoms with Crippen LogP contribution in [-0.4, -0.2) is 6.79 Å². The Hall–Kier alpha value is -0.960. The molecule has 0 amide bonds. The molecule has 1 aromatic carbocycles. The lowest BCUT2D eigenvalue weighted by atomic mass is 10.2. The summed E-state index contributed by atoms with van der Waals surface area (Å²) in [5, 5.41) is 0. The molecule has 1 aliphatic heterocycles. The Kier molecular flexibility index (Phi) is 2.04. The highest BCUT2D eigenvalue weighted by molar-refractivity contribution is 9.10. The number of ether oxygens (including phenoxy) is 2. The van der Waals surface area contributed by atoms with E-state index in [0.29, 0.717) is 6.79 Å². The van der Waals surface area contributed by atoms with Crippen LogP contribution in [0.25, 0.3) is 5.76 Å². The van der Waals surface area contributed by atoms with Gasteiger partial charge in [-0.05, 0) is 12.1 Å². The normalized spacial score (nSPS) is 14.9. The summed E-state index contributed by atoms with van der Waals surface area (Å²) >= 11 is 3.36. The zero-order chi connectivity index (χ0) is 8.39. The fraction of sp³-hybridized carbons (Fsp3) is 0.111. The third-order valence-electron chi connectivity index (χ3n) is 1.60. The predicted molar refractivity (Wildman–Crippen MR) is 49.2 cm³/mol. The van der Waals surface area contributed by atoms with Crippen molar-refractivity contribution in [1.29, 1.82) is 0 Å². The van der Waals surface area contributed by atoms with Gasteiger partial charge in [-0.15, -0.1) is 0 Å². The van der Waals surface area contributed by atoms with E-state index in [1.165, 1.54) is 0 Å². The molecule has 0 radical (unpaired) electrons. The molecule has 0 aromatic heterocycles. The van der Waals surface area contributed by atoms with Crippen LogP contribution in [0.1, 0.15) is 5.56 Å². The third kappa shape index (κ3) is 1.46. The second-order valence-electron chi connectivity index (χ2n) is 2.42. The Morgan fingerprint density at radius 3 is 2.50 bits per heavy atom. The van der Waals surface area contributed by atoms with Crippen molar-refractivity contribution in [3.05, 3.63) is 40.6 Å². The molecule has 1 aromatic rings. The van der Waals surface area contributed by atoms with Crippen LogP contribution in [0, 0.1) is 0 Å². The van der Waals surface area contributed by atoms with Gasteiger partial charge in [-0.1, -0.05) is 28.1 Å². The van der Waals surface area contributed by atoms with Gasteiger partial charge in [0.05, 0.1) is 0 Å². The number of hydrogen-bond donors (Lipinski definition) is 0. The molecule has 0 saturated heterocycles. The predicted octanol–water partition coefficient (Wildman–Crippen LogP) is 2.75. The van der Waals surface area contributed by atoms with Gasteiger partial charge in [0.25, 0.3) is 0 Å². The van der Waals surface area contributed by atoms with Gasteiger partial charge in [0.15, 0.2) is 5.76 Å². The Balaban J connectivity index is 2.28. The minimum Gasteiger partial charge on any atom is -0.461 e. The lowest BCUT2D eigenvalue weighted by Crippen LogP contribution is -1.85. The van der Waals surface area contributed by atoms with Crippen molar-refractivity contribution in [1.82, 2.24) is 0 Å². The highest BCUT2D eigenvalue weighted by Gasteiger charge is 2.07. The van der Waals surface area contributed by atoms with Crippen molar-refractivity contribution in [2.75, 3.05) is 6.79 Å². The van der Waals surface area contributed by atoms with Crippen LogP contribution in [0.4, 0.5) is 0 Å². The maximum atomic E-state index is 5.20. The van der Waals surface area contributed by atoms with E-state index in [1.54, 1.807) is 6.26 Å². The van der Waals surface area contributed by atoms with Crippen molar-refractivity contribution < 1.29 is 9.47 Å². The van der Waals surface area contributed by atoms with Crippen molar-refractivity contribution in [3.8, 4) is 0 Å². The van der Waals surface area contributed by atoms with Crippen LogP contribution >= 0.6 is 15.9 Å². The molecule has 0 saturated carbocycles. The van der Waals surface area contributed by atoms with E-state index in [2.05, 4.69) is 15.9 Å². The van der Waals surface area contributed by atoms with E-state index in [-0.39, 0.29) is 0 Å². The Labute approximate surface area is 78.9 Å². The molecule has 0 bridgehead atoms. The first-order valence-corrected chi connectivity index (χ1v) is 4.36. The van der Waals surface area contributed by atoms with Crippen LogP contribution < -0.4 is 0 Å². The summed E-state index contributed by atoms with van der Waals surface area (Å²) in [4.78, 5) is 0. The number of rotatable bonds is 1. The SMILES string of the molecule is Brc1ccc(C2=COCO2)cc1. The largest absolute Gasteiger partial charge is 0.461 e. The van der Waals surface area contributed by atoms with E-state index in [4.69, 9.17) is 9.47 Å².